The van der Waals surface area contributed by atoms with Crippen molar-refractivity contribution in [1.82, 2.24) is 0 Å². The standard InChI is InChI=1S/C16H18N2O4S/c1-12(19)17-14-5-3-13(4-6-14)11-23(20,21)18-15-7-9-16(22-2)10-8-15/h3-10,18H,11H2,1-2H3,(H,17,19). The van der Waals surface area contributed by atoms with Crippen molar-refractivity contribution in [3.63, 3.8) is 0 Å². The van der Waals surface area contributed by atoms with Gasteiger partial charge in [0.05, 0.1) is 12.9 Å². The van der Waals surface area contributed by atoms with E-state index in [1.807, 2.05) is 0 Å². The Morgan fingerprint density at radius 2 is 1.57 bits per heavy atom. The summed E-state index contributed by atoms with van der Waals surface area (Å²) in [6.45, 7) is 1.41. The van der Waals surface area contributed by atoms with Crippen molar-refractivity contribution < 1.29 is 17.9 Å². The van der Waals surface area contributed by atoms with E-state index in [2.05, 4.69) is 10.0 Å². The van der Waals surface area contributed by atoms with Crippen LogP contribution in [-0.4, -0.2) is 21.4 Å². The van der Waals surface area contributed by atoms with Gasteiger partial charge >= 0.3 is 0 Å². The molecular weight excluding hydrogens is 316 g/mol. The van der Waals surface area contributed by atoms with E-state index in [1.165, 1.54) is 6.92 Å². The van der Waals surface area contributed by atoms with Gasteiger partial charge in [-0.25, -0.2) is 8.42 Å². The molecule has 122 valence electrons. The van der Waals surface area contributed by atoms with Crippen LogP contribution in [0.4, 0.5) is 11.4 Å². The monoisotopic (exact) mass is 334 g/mol. The summed E-state index contributed by atoms with van der Waals surface area (Å²) in [5, 5.41) is 2.63. The number of nitrogens with one attached hydrogen (secondary N) is 2. The topological polar surface area (TPSA) is 84.5 Å². The first kappa shape index (κ1) is 16.8. The minimum atomic E-state index is -3.52. The fourth-order valence-electron chi connectivity index (χ4n) is 1.98. The summed E-state index contributed by atoms with van der Waals surface area (Å²) < 4.78 is 31.9. The first-order chi connectivity index (χ1) is 10.9. The van der Waals surface area contributed by atoms with Gasteiger partial charge in [0.2, 0.25) is 15.9 Å². The molecule has 0 fully saturated rings. The Balaban J connectivity index is 2.03. The minimum absolute atomic E-state index is 0.153. The molecule has 0 saturated heterocycles. The Kier molecular flexibility index (Phi) is 5.23. The second-order valence-corrected chi connectivity index (χ2v) is 6.69. The van der Waals surface area contributed by atoms with Crippen molar-refractivity contribution in [3.8, 4) is 5.75 Å². The van der Waals surface area contributed by atoms with Crippen molar-refractivity contribution in [2.45, 2.75) is 12.7 Å². The van der Waals surface area contributed by atoms with Crippen LogP contribution in [-0.2, 0) is 20.6 Å². The first-order valence-electron chi connectivity index (χ1n) is 6.89. The van der Waals surface area contributed by atoms with E-state index in [4.69, 9.17) is 4.74 Å². The van der Waals surface area contributed by atoms with Crippen LogP contribution < -0.4 is 14.8 Å². The highest BCUT2D eigenvalue weighted by atomic mass is 32.2. The van der Waals surface area contributed by atoms with E-state index < -0.39 is 10.0 Å². The Labute approximate surface area is 135 Å². The summed E-state index contributed by atoms with van der Waals surface area (Å²) in [6.07, 6.45) is 0. The van der Waals surface area contributed by atoms with E-state index in [1.54, 1.807) is 55.6 Å². The zero-order valence-corrected chi connectivity index (χ0v) is 13.7. The lowest BCUT2D eigenvalue weighted by Gasteiger charge is -2.09. The van der Waals surface area contributed by atoms with Crippen molar-refractivity contribution in [1.29, 1.82) is 0 Å². The van der Waals surface area contributed by atoms with Crippen LogP contribution in [0.15, 0.2) is 48.5 Å². The lowest BCUT2D eigenvalue weighted by Crippen LogP contribution is -2.15. The molecule has 0 aliphatic rings. The summed E-state index contributed by atoms with van der Waals surface area (Å²) in [4.78, 5) is 10.9. The second-order valence-electron chi connectivity index (χ2n) is 4.97. The Hall–Kier alpha value is -2.54. The third kappa shape index (κ3) is 5.30. The summed E-state index contributed by atoms with van der Waals surface area (Å²) in [6, 6.07) is 13.3. The highest BCUT2D eigenvalue weighted by Crippen LogP contribution is 2.18. The Morgan fingerprint density at radius 1 is 1.00 bits per heavy atom. The maximum atomic E-state index is 12.2. The number of methoxy groups -OCH3 is 1. The fourth-order valence-corrected chi connectivity index (χ4v) is 3.18. The molecule has 2 aromatic rings. The average Bonchev–Trinajstić information content (AvgIpc) is 2.49. The van der Waals surface area contributed by atoms with Crippen LogP contribution in [0.2, 0.25) is 0 Å². The lowest BCUT2D eigenvalue weighted by atomic mass is 10.2. The Morgan fingerprint density at radius 3 is 2.09 bits per heavy atom. The molecule has 0 atom stereocenters. The first-order valence-corrected chi connectivity index (χ1v) is 8.54. The average molecular weight is 334 g/mol. The molecule has 7 heteroatoms. The number of amides is 1. The normalized spacial score (nSPS) is 10.9. The van der Waals surface area contributed by atoms with E-state index in [0.717, 1.165) is 0 Å². The van der Waals surface area contributed by atoms with Crippen molar-refractivity contribution in [2.24, 2.45) is 0 Å². The van der Waals surface area contributed by atoms with Crippen molar-refractivity contribution in [3.05, 3.63) is 54.1 Å². The van der Waals surface area contributed by atoms with E-state index in [0.29, 0.717) is 22.7 Å². The van der Waals surface area contributed by atoms with Gasteiger partial charge in [0.25, 0.3) is 0 Å². The van der Waals surface area contributed by atoms with Gasteiger partial charge < -0.3 is 10.1 Å². The summed E-state index contributed by atoms with van der Waals surface area (Å²) in [7, 11) is -1.98. The number of ether oxygens (including phenoxy) is 1. The van der Waals surface area contributed by atoms with Crippen molar-refractivity contribution >= 4 is 27.3 Å². The molecule has 6 nitrogen and oxygen atoms in total. The molecular formula is C16H18N2O4S. The van der Waals surface area contributed by atoms with Gasteiger partial charge in [-0.05, 0) is 42.0 Å². The number of anilines is 2. The van der Waals surface area contributed by atoms with Crippen molar-refractivity contribution in [2.75, 3.05) is 17.1 Å². The maximum absolute atomic E-state index is 12.2. The van der Waals surface area contributed by atoms with E-state index in [9.17, 15) is 13.2 Å². The number of benzene rings is 2. The number of hydrogen-bond donors (Lipinski definition) is 2. The zero-order valence-electron chi connectivity index (χ0n) is 12.9. The molecule has 0 bridgehead atoms. The molecule has 0 aliphatic heterocycles. The maximum Gasteiger partial charge on any atom is 0.236 e. The molecule has 0 saturated carbocycles. The van der Waals surface area contributed by atoms with Crippen LogP contribution in [0.5, 0.6) is 5.75 Å². The molecule has 1 amide bonds. The Bertz CT molecular complexity index is 769. The molecule has 2 rings (SSSR count). The SMILES string of the molecule is COc1ccc(NS(=O)(=O)Cc2ccc(NC(C)=O)cc2)cc1. The number of carbonyl (C=O) groups excluding carboxylic acids is 1. The zero-order chi connectivity index (χ0) is 16.9. The van der Waals surface area contributed by atoms with Gasteiger partial charge in [0, 0.05) is 18.3 Å². The molecule has 23 heavy (non-hydrogen) atoms. The van der Waals surface area contributed by atoms with Crippen LogP contribution in [0.25, 0.3) is 0 Å². The van der Waals surface area contributed by atoms with Gasteiger partial charge in [0.15, 0.2) is 0 Å². The van der Waals surface area contributed by atoms with Crippen LogP contribution in [0.1, 0.15) is 12.5 Å². The van der Waals surface area contributed by atoms with Gasteiger partial charge in [-0.1, -0.05) is 12.1 Å². The number of rotatable bonds is 6. The van der Waals surface area contributed by atoms with E-state index in [-0.39, 0.29) is 11.7 Å². The predicted octanol–water partition coefficient (Wildman–Crippen LogP) is 2.60. The third-order valence-electron chi connectivity index (χ3n) is 2.99. The predicted molar refractivity (Wildman–Crippen MR) is 90.0 cm³/mol. The molecule has 0 unspecified atom stereocenters. The molecule has 0 aliphatic carbocycles. The third-order valence-corrected chi connectivity index (χ3v) is 4.25. The number of sulfonamides is 1. The summed E-state index contributed by atoms with van der Waals surface area (Å²) >= 11 is 0. The highest BCUT2D eigenvalue weighted by Gasteiger charge is 2.12. The van der Waals surface area contributed by atoms with Gasteiger partial charge in [0.1, 0.15) is 5.75 Å². The largest absolute Gasteiger partial charge is 0.497 e. The smallest absolute Gasteiger partial charge is 0.236 e. The quantitative estimate of drug-likeness (QED) is 0.850. The molecule has 0 spiro atoms. The molecule has 0 aromatic heterocycles. The number of hydrogen-bond acceptors (Lipinski definition) is 4. The molecule has 2 N–H and O–H groups in total. The van der Waals surface area contributed by atoms with E-state index >= 15 is 0 Å². The fraction of sp³-hybridized carbons (Fsp3) is 0.188. The molecule has 0 radical (unpaired) electrons. The van der Waals surface area contributed by atoms with Crippen LogP contribution >= 0.6 is 0 Å². The van der Waals surface area contributed by atoms with Gasteiger partial charge in [-0.2, -0.15) is 0 Å². The summed E-state index contributed by atoms with van der Waals surface area (Å²) in [5.74, 6) is 0.326. The van der Waals surface area contributed by atoms with Gasteiger partial charge in [-0.15, -0.1) is 0 Å². The number of carbonyl (C=O) groups is 1. The summed E-state index contributed by atoms with van der Waals surface area (Å²) in [5.41, 5.74) is 1.72. The minimum Gasteiger partial charge on any atom is -0.497 e. The molecule has 2 aromatic carbocycles. The van der Waals surface area contributed by atoms with Gasteiger partial charge in [-0.3, -0.25) is 9.52 Å². The van der Waals surface area contributed by atoms with Crippen LogP contribution in [0, 0.1) is 0 Å². The highest BCUT2D eigenvalue weighted by molar-refractivity contribution is 7.91. The second kappa shape index (κ2) is 7.15. The van der Waals surface area contributed by atoms with Crippen LogP contribution in [0.3, 0.4) is 0 Å². The lowest BCUT2D eigenvalue weighted by molar-refractivity contribution is -0.114. The molecule has 0 heterocycles.